The second-order valence-electron chi connectivity index (χ2n) is 6.36. The van der Waals surface area contributed by atoms with Gasteiger partial charge in [-0.3, -0.25) is 14.2 Å². The van der Waals surface area contributed by atoms with Crippen LogP contribution in [0.2, 0.25) is 0 Å². The van der Waals surface area contributed by atoms with Crippen LogP contribution >= 0.6 is 0 Å². The van der Waals surface area contributed by atoms with Gasteiger partial charge in [0.05, 0.1) is 12.7 Å². The Balaban J connectivity index is 1.50. The van der Waals surface area contributed by atoms with Crippen LogP contribution in [0.5, 0.6) is 0 Å². The zero-order valence-electron chi connectivity index (χ0n) is 15.4. The van der Waals surface area contributed by atoms with Crippen molar-refractivity contribution >= 4 is 5.91 Å². The van der Waals surface area contributed by atoms with Crippen LogP contribution < -0.4 is 10.9 Å². The quantitative estimate of drug-likeness (QED) is 0.704. The van der Waals surface area contributed by atoms with Crippen molar-refractivity contribution in [1.29, 1.82) is 0 Å². The molecule has 0 unspecified atom stereocenters. The SMILES string of the molecule is CCc1cc(=O)n(CCNC(=O)Cc2ccc(-c3ccccc3)cc2)cn1. The van der Waals surface area contributed by atoms with Crippen LogP contribution in [0.4, 0.5) is 0 Å². The highest BCUT2D eigenvalue weighted by atomic mass is 16.1. The first-order valence-electron chi connectivity index (χ1n) is 9.12. The Hall–Kier alpha value is -3.21. The third-order valence-corrected chi connectivity index (χ3v) is 4.40. The van der Waals surface area contributed by atoms with E-state index in [2.05, 4.69) is 22.4 Å². The molecule has 0 bridgehead atoms. The van der Waals surface area contributed by atoms with Crippen LogP contribution in [0.25, 0.3) is 11.1 Å². The van der Waals surface area contributed by atoms with Crippen molar-refractivity contribution in [2.75, 3.05) is 6.54 Å². The average Bonchev–Trinajstić information content (AvgIpc) is 2.70. The highest BCUT2D eigenvalue weighted by Gasteiger charge is 2.05. The van der Waals surface area contributed by atoms with Crippen LogP contribution in [0.3, 0.4) is 0 Å². The standard InChI is InChI=1S/C22H23N3O2/c1-2-20-15-22(27)25(16-24-20)13-12-23-21(26)14-17-8-10-19(11-9-17)18-6-4-3-5-7-18/h3-11,15-16H,2,12-14H2,1H3,(H,23,26). The minimum atomic E-state index is -0.0902. The molecule has 0 fully saturated rings. The number of nitrogens with zero attached hydrogens (tertiary/aromatic N) is 2. The Labute approximate surface area is 158 Å². The lowest BCUT2D eigenvalue weighted by atomic mass is 10.0. The van der Waals surface area contributed by atoms with Crippen LogP contribution in [0.1, 0.15) is 18.2 Å². The molecule has 0 aliphatic heterocycles. The topological polar surface area (TPSA) is 64.0 Å². The minimum absolute atomic E-state index is 0.0614. The molecule has 138 valence electrons. The van der Waals surface area contributed by atoms with Crippen LogP contribution in [-0.2, 0) is 24.2 Å². The van der Waals surface area contributed by atoms with Crippen molar-refractivity contribution in [3.8, 4) is 11.1 Å². The van der Waals surface area contributed by atoms with Gasteiger partial charge in [-0.15, -0.1) is 0 Å². The monoisotopic (exact) mass is 361 g/mol. The predicted octanol–water partition coefficient (Wildman–Crippen LogP) is 2.83. The molecule has 1 heterocycles. The van der Waals surface area contributed by atoms with Gasteiger partial charge in [-0.2, -0.15) is 0 Å². The first-order valence-corrected chi connectivity index (χ1v) is 9.12. The van der Waals surface area contributed by atoms with E-state index < -0.39 is 0 Å². The van der Waals surface area contributed by atoms with Gasteiger partial charge in [0.25, 0.3) is 5.56 Å². The Kier molecular flexibility index (Phi) is 6.15. The first-order chi connectivity index (χ1) is 13.2. The fraction of sp³-hybridized carbons (Fsp3) is 0.227. The van der Waals surface area contributed by atoms with Crippen LogP contribution in [0, 0.1) is 0 Å². The molecule has 3 aromatic rings. The van der Waals surface area contributed by atoms with Gasteiger partial charge in [0.1, 0.15) is 0 Å². The highest BCUT2D eigenvalue weighted by Crippen LogP contribution is 2.19. The lowest BCUT2D eigenvalue weighted by molar-refractivity contribution is -0.120. The van der Waals surface area contributed by atoms with Gasteiger partial charge in [-0.1, -0.05) is 61.5 Å². The van der Waals surface area contributed by atoms with Gasteiger partial charge in [-0.25, -0.2) is 4.98 Å². The van der Waals surface area contributed by atoms with Crippen molar-refractivity contribution in [2.24, 2.45) is 0 Å². The summed E-state index contributed by atoms with van der Waals surface area (Å²) in [6.07, 6.45) is 2.59. The van der Waals surface area contributed by atoms with Crippen LogP contribution in [0.15, 0.2) is 71.8 Å². The van der Waals surface area contributed by atoms with Gasteiger partial charge in [0.15, 0.2) is 0 Å². The van der Waals surface area contributed by atoms with Crippen molar-refractivity contribution in [3.05, 3.63) is 88.6 Å². The van der Waals surface area contributed by atoms with Gasteiger partial charge < -0.3 is 5.32 Å². The number of carbonyl (C=O) groups excluding carboxylic acids is 1. The number of carbonyl (C=O) groups is 1. The van der Waals surface area contributed by atoms with Crippen molar-refractivity contribution in [2.45, 2.75) is 26.3 Å². The molecule has 5 heteroatoms. The second kappa shape index (κ2) is 8.94. The number of hydrogen-bond acceptors (Lipinski definition) is 3. The number of benzene rings is 2. The van der Waals surface area contributed by atoms with E-state index in [1.54, 1.807) is 0 Å². The Bertz CT molecular complexity index is 947. The third kappa shape index (κ3) is 5.14. The van der Waals surface area contributed by atoms with E-state index in [4.69, 9.17) is 0 Å². The Morgan fingerprint density at radius 2 is 1.74 bits per heavy atom. The molecule has 27 heavy (non-hydrogen) atoms. The van der Waals surface area contributed by atoms with E-state index in [-0.39, 0.29) is 11.5 Å². The van der Waals surface area contributed by atoms with Crippen molar-refractivity contribution < 1.29 is 4.79 Å². The second-order valence-corrected chi connectivity index (χ2v) is 6.36. The molecule has 5 nitrogen and oxygen atoms in total. The van der Waals surface area contributed by atoms with E-state index in [1.165, 1.54) is 17.0 Å². The maximum atomic E-state index is 12.1. The maximum Gasteiger partial charge on any atom is 0.253 e. The summed E-state index contributed by atoms with van der Waals surface area (Å²) in [5.41, 5.74) is 3.92. The summed E-state index contributed by atoms with van der Waals surface area (Å²) >= 11 is 0. The number of aromatic nitrogens is 2. The molecule has 0 spiro atoms. The summed E-state index contributed by atoms with van der Waals surface area (Å²) in [5.74, 6) is -0.0614. The molecule has 0 radical (unpaired) electrons. The molecule has 3 rings (SSSR count). The summed E-state index contributed by atoms with van der Waals surface area (Å²) in [7, 11) is 0. The van der Waals surface area contributed by atoms with Gasteiger partial charge >= 0.3 is 0 Å². The molecular weight excluding hydrogens is 338 g/mol. The highest BCUT2D eigenvalue weighted by molar-refractivity contribution is 5.78. The molecule has 1 aromatic heterocycles. The van der Waals surface area contributed by atoms with Crippen LogP contribution in [-0.4, -0.2) is 22.0 Å². The molecule has 0 saturated carbocycles. The Morgan fingerprint density at radius 1 is 1.04 bits per heavy atom. The van der Waals surface area contributed by atoms with Gasteiger partial charge in [-0.05, 0) is 23.1 Å². The lowest BCUT2D eigenvalue weighted by Crippen LogP contribution is -2.31. The number of hydrogen-bond donors (Lipinski definition) is 1. The number of nitrogens with one attached hydrogen (secondary N) is 1. The third-order valence-electron chi connectivity index (χ3n) is 4.40. The normalized spacial score (nSPS) is 10.6. The van der Waals surface area contributed by atoms with E-state index in [0.29, 0.717) is 19.5 Å². The van der Waals surface area contributed by atoms with E-state index in [0.717, 1.165) is 28.8 Å². The smallest absolute Gasteiger partial charge is 0.253 e. The zero-order chi connectivity index (χ0) is 19.1. The van der Waals surface area contributed by atoms with Gasteiger partial charge in [0.2, 0.25) is 5.91 Å². The summed E-state index contributed by atoms with van der Waals surface area (Å²) in [5, 5.41) is 2.86. The maximum absolute atomic E-state index is 12.1. The molecule has 1 N–H and O–H groups in total. The van der Waals surface area contributed by atoms with Crippen molar-refractivity contribution in [3.63, 3.8) is 0 Å². The largest absolute Gasteiger partial charge is 0.354 e. The first kappa shape index (κ1) is 18.6. The summed E-state index contributed by atoms with van der Waals surface area (Å²) < 4.78 is 1.51. The minimum Gasteiger partial charge on any atom is -0.354 e. The molecule has 0 aliphatic rings. The molecule has 2 aromatic carbocycles. The number of aryl methyl sites for hydroxylation is 1. The fourth-order valence-electron chi connectivity index (χ4n) is 2.83. The average molecular weight is 361 g/mol. The zero-order valence-corrected chi connectivity index (χ0v) is 15.4. The van der Waals surface area contributed by atoms with E-state index >= 15 is 0 Å². The molecule has 0 atom stereocenters. The van der Waals surface area contributed by atoms with Gasteiger partial charge in [0, 0.05) is 24.8 Å². The fourth-order valence-corrected chi connectivity index (χ4v) is 2.83. The van der Waals surface area contributed by atoms with Crippen molar-refractivity contribution in [1.82, 2.24) is 14.9 Å². The van der Waals surface area contributed by atoms with E-state index in [1.807, 2.05) is 49.4 Å². The van der Waals surface area contributed by atoms with E-state index in [9.17, 15) is 9.59 Å². The summed E-state index contributed by atoms with van der Waals surface area (Å²) in [4.78, 5) is 28.3. The molecular formula is C22H23N3O2. The molecule has 0 aliphatic carbocycles. The molecule has 1 amide bonds. The lowest BCUT2D eigenvalue weighted by Gasteiger charge is -2.08. The predicted molar refractivity (Wildman–Crippen MR) is 106 cm³/mol. The number of rotatable bonds is 7. The molecule has 0 saturated heterocycles. The summed E-state index contributed by atoms with van der Waals surface area (Å²) in [6, 6.07) is 19.7. The Morgan fingerprint density at radius 3 is 2.41 bits per heavy atom. The number of amides is 1. The summed E-state index contributed by atoms with van der Waals surface area (Å²) in [6.45, 7) is 2.77.